The van der Waals surface area contributed by atoms with Crippen LogP contribution in [0, 0.1) is 11.8 Å². The van der Waals surface area contributed by atoms with Gasteiger partial charge < -0.3 is 5.32 Å². The minimum absolute atomic E-state index is 0.0693. The van der Waals surface area contributed by atoms with E-state index in [1.807, 2.05) is 4.90 Å². The van der Waals surface area contributed by atoms with Crippen LogP contribution in [0.2, 0.25) is 0 Å². The molecule has 1 aliphatic carbocycles. The SMILES string of the molecule is C[C@@H]1[C@H](C)CCC[C@H]1NC(=O)CN1CCN(S(=O)(=O)c2cccc(C(F)(F)F)c2)CC1. The standard InChI is InChI=1S/C21H30F3N3O3S/c1-15-5-3-8-19(16(15)2)25-20(28)14-26-9-11-27(12-10-26)31(29,30)18-7-4-6-17(13-18)21(22,23)24/h4,6-7,13,15-16,19H,3,5,8-12,14H2,1-2H3,(H,25,28)/t15-,16-,19-/m1/s1. The molecule has 6 nitrogen and oxygen atoms in total. The quantitative estimate of drug-likeness (QED) is 0.732. The molecule has 174 valence electrons. The lowest BCUT2D eigenvalue weighted by atomic mass is 9.78. The average molecular weight is 462 g/mol. The van der Waals surface area contributed by atoms with Crippen LogP contribution in [0.1, 0.15) is 38.7 Å². The number of alkyl halides is 3. The van der Waals surface area contributed by atoms with Crippen LogP contribution >= 0.6 is 0 Å². The van der Waals surface area contributed by atoms with E-state index in [1.165, 1.54) is 16.8 Å². The highest BCUT2D eigenvalue weighted by Gasteiger charge is 2.34. The summed E-state index contributed by atoms with van der Waals surface area (Å²) < 4.78 is 65.5. The zero-order chi connectivity index (χ0) is 22.8. The van der Waals surface area contributed by atoms with E-state index in [9.17, 15) is 26.4 Å². The van der Waals surface area contributed by atoms with E-state index in [0.717, 1.165) is 25.0 Å². The van der Waals surface area contributed by atoms with Crippen LogP contribution in [0.15, 0.2) is 29.2 Å². The summed E-state index contributed by atoms with van der Waals surface area (Å²) in [5.74, 6) is 0.927. The molecule has 1 aromatic carbocycles. The Labute approximate surface area is 181 Å². The van der Waals surface area contributed by atoms with Gasteiger partial charge in [-0.2, -0.15) is 17.5 Å². The summed E-state index contributed by atoms with van der Waals surface area (Å²) in [6.45, 7) is 5.50. The molecule has 0 radical (unpaired) electrons. The van der Waals surface area contributed by atoms with Gasteiger partial charge in [0.2, 0.25) is 15.9 Å². The molecule has 1 aliphatic heterocycles. The lowest BCUT2D eigenvalue weighted by Crippen LogP contribution is -2.52. The lowest BCUT2D eigenvalue weighted by molar-refractivity contribution is -0.137. The van der Waals surface area contributed by atoms with Crippen molar-refractivity contribution in [3.8, 4) is 0 Å². The molecule has 1 N–H and O–H groups in total. The fourth-order valence-corrected chi connectivity index (χ4v) is 5.82. The van der Waals surface area contributed by atoms with E-state index in [1.54, 1.807) is 0 Å². The van der Waals surface area contributed by atoms with Gasteiger partial charge in [0.05, 0.1) is 17.0 Å². The maximum Gasteiger partial charge on any atom is 0.416 e. The highest BCUT2D eigenvalue weighted by Crippen LogP contribution is 2.31. The maximum atomic E-state index is 12.9. The van der Waals surface area contributed by atoms with E-state index in [0.29, 0.717) is 31.0 Å². The number of sulfonamides is 1. The van der Waals surface area contributed by atoms with Crippen molar-refractivity contribution in [1.29, 1.82) is 0 Å². The second-order valence-electron chi connectivity index (χ2n) is 8.65. The summed E-state index contributed by atoms with van der Waals surface area (Å²) >= 11 is 0. The average Bonchev–Trinajstić information content (AvgIpc) is 2.71. The summed E-state index contributed by atoms with van der Waals surface area (Å²) in [6, 6.07) is 3.96. The molecule has 2 fully saturated rings. The van der Waals surface area contributed by atoms with Crippen LogP contribution < -0.4 is 5.32 Å². The van der Waals surface area contributed by atoms with Crippen molar-refractivity contribution in [2.45, 2.75) is 50.2 Å². The number of rotatable bonds is 5. The van der Waals surface area contributed by atoms with E-state index in [-0.39, 0.29) is 36.5 Å². The third-order valence-electron chi connectivity index (χ3n) is 6.55. The van der Waals surface area contributed by atoms with Crippen LogP contribution in [-0.2, 0) is 21.0 Å². The number of carbonyl (C=O) groups excluding carboxylic acids is 1. The highest BCUT2D eigenvalue weighted by molar-refractivity contribution is 7.89. The Balaban J connectivity index is 1.55. The van der Waals surface area contributed by atoms with Gasteiger partial charge in [-0.3, -0.25) is 9.69 Å². The normalized spacial score (nSPS) is 26.5. The smallest absolute Gasteiger partial charge is 0.352 e. The Morgan fingerprint density at radius 1 is 1.13 bits per heavy atom. The zero-order valence-corrected chi connectivity index (χ0v) is 18.7. The second-order valence-corrected chi connectivity index (χ2v) is 10.6. The number of hydrogen-bond acceptors (Lipinski definition) is 4. The van der Waals surface area contributed by atoms with Crippen molar-refractivity contribution >= 4 is 15.9 Å². The van der Waals surface area contributed by atoms with E-state index >= 15 is 0 Å². The molecule has 0 unspecified atom stereocenters. The summed E-state index contributed by atoms with van der Waals surface area (Å²) in [7, 11) is -4.03. The van der Waals surface area contributed by atoms with Crippen LogP contribution in [0.3, 0.4) is 0 Å². The molecule has 1 aromatic rings. The zero-order valence-electron chi connectivity index (χ0n) is 17.9. The number of benzene rings is 1. The number of hydrogen-bond donors (Lipinski definition) is 1. The van der Waals surface area contributed by atoms with Crippen molar-refractivity contribution in [3.05, 3.63) is 29.8 Å². The lowest BCUT2D eigenvalue weighted by Gasteiger charge is -2.36. The Bertz CT molecular complexity index is 883. The Hall–Kier alpha value is -1.65. The summed E-state index contributed by atoms with van der Waals surface area (Å²) in [5.41, 5.74) is -0.991. The minimum atomic E-state index is -4.61. The molecule has 1 amide bonds. The van der Waals surface area contributed by atoms with Crippen molar-refractivity contribution in [2.75, 3.05) is 32.7 Å². The molecule has 3 rings (SSSR count). The first-order chi connectivity index (χ1) is 14.5. The maximum absolute atomic E-state index is 12.9. The number of carbonyl (C=O) groups is 1. The van der Waals surface area contributed by atoms with Gasteiger partial charge in [-0.15, -0.1) is 0 Å². The Kier molecular flexibility index (Phi) is 7.32. The Morgan fingerprint density at radius 3 is 2.45 bits per heavy atom. The van der Waals surface area contributed by atoms with E-state index < -0.39 is 21.8 Å². The van der Waals surface area contributed by atoms with Crippen LogP contribution in [0.25, 0.3) is 0 Å². The predicted octanol–water partition coefficient (Wildman–Crippen LogP) is 2.95. The highest BCUT2D eigenvalue weighted by atomic mass is 32.2. The number of piperazine rings is 1. The van der Waals surface area contributed by atoms with Gasteiger partial charge in [0.1, 0.15) is 0 Å². The van der Waals surface area contributed by atoms with Crippen molar-refractivity contribution in [2.24, 2.45) is 11.8 Å². The first kappa shape index (κ1) is 24.0. The number of nitrogens with zero attached hydrogens (tertiary/aromatic N) is 2. The van der Waals surface area contributed by atoms with Crippen molar-refractivity contribution in [1.82, 2.24) is 14.5 Å². The summed E-state index contributed by atoms with van der Waals surface area (Å²) in [6.07, 6.45) is -1.36. The van der Waals surface area contributed by atoms with E-state index in [2.05, 4.69) is 19.2 Å². The molecule has 1 saturated heterocycles. The Morgan fingerprint density at radius 2 is 1.81 bits per heavy atom. The van der Waals surface area contributed by atoms with Gasteiger partial charge in [0.15, 0.2) is 0 Å². The van der Waals surface area contributed by atoms with Crippen LogP contribution in [-0.4, -0.2) is 62.3 Å². The van der Waals surface area contributed by atoms with Crippen LogP contribution in [0.5, 0.6) is 0 Å². The molecule has 0 aromatic heterocycles. The van der Waals surface area contributed by atoms with Gasteiger partial charge in [-0.05, 0) is 36.5 Å². The van der Waals surface area contributed by atoms with Gasteiger partial charge >= 0.3 is 6.18 Å². The molecule has 1 heterocycles. The van der Waals surface area contributed by atoms with Gasteiger partial charge in [-0.25, -0.2) is 8.42 Å². The molecular weight excluding hydrogens is 431 g/mol. The molecule has 2 aliphatic rings. The monoisotopic (exact) mass is 461 g/mol. The molecule has 0 spiro atoms. The summed E-state index contributed by atoms with van der Waals surface area (Å²) in [4.78, 5) is 14.0. The van der Waals surface area contributed by atoms with E-state index in [4.69, 9.17) is 0 Å². The third kappa shape index (κ3) is 5.78. The largest absolute Gasteiger partial charge is 0.416 e. The van der Waals surface area contributed by atoms with Gasteiger partial charge in [0.25, 0.3) is 0 Å². The van der Waals surface area contributed by atoms with Crippen LogP contribution in [0.4, 0.5) is 13.2 Å². The number of halogens is 3. The molecule has 10 heteroatoms. The minimum Gasteiger partial charge on any atom is -0.352 e. The van der Waals surface area contributed by atoms with Gasteiger partial charge in [-0.1, -0.05) is 32.8 Å². The topological polar surface area (TPSA) is 69.7 Å². The third-order valence-corrected chi connectivity index (χ3v) is 8.45. The summed E-state index contributed by atoms with van der Waals surface area (Å²) in [5, 5.41) is 3.11. The van der Waals surface area contributed by atoms with Crippen molar-refractivity contribution < 1.29 is 26.4 Å². The molecule has 0 bridgehead atoms. The number of nitrogens with one attached hydrogen (secondary N) is 1. The van der Waals surface area contributed by atoms with Crippen molar-refractivity contribution in [3.63, 3.8) is 0 Å². The van der Waals surface area contributed by atoms with Gasteiger partial charge in [0, 0.05) is 32.2 Å². The predicted molar refractivity (Wildman–Crippen MR) is 111 cm³/mol. The molecule has 31 heavy (non-hydrogen) atoms. The fourth-order valence-electron chi connectivity index (χ4n) is 4.35. The molecule has 1 saturated carbocycles. The number of amides is 1. The molecular formula is C21H30F3N3O3S. The first-order valence-electron chi connectivity index (χ1n) is 10.7. The first-order valence-corrected chi connectivity index (χ1v) is 12.1. The fraction of sp³-hybridized carbons (Fsp3) is 0.667. The second kappa shape index (κ2) is 9.46. The molecule has 3 atom stereocenters.